The Kier molecular flexibility index (Phi) is 5.67. The molecule has 164 valence electrons. The van der Waals surface area contributed by atoms with Crippen molar-refractivity contribution >= 4 is 29.3 Å². The maximum absolute atomic E-state index is 13.0. The molecule has 2 amide bonds. The van der Waals surface area contributed by atoms with Gasteiger partial charge < -0.3 is 20.3 Å². The second-order valence-electron chi connectivity index (χ2n) is 8.53. The molecule has 0 spiro atoms. The van der Waals surface area contributed by atoms with Gasteiger partial charge >= 0.3 is 0 Å². The van der Waals surface area contributed by atoms with Crippen molar-refractivity contribution in [2.75, 3.05) is 35.7 Å². The number of methoxy groups -OCH3 is 1. The number of H-pyrrole nitrogens is 1. The highest BCUT2D eigenvalue weighted by molar-refractivity contribution is 6.04. The van der Waals surface area contributed by atoms with Gasteiger partial charge in [0.25, 0.3) is 5.56 Å². The summed E-state index contributed by atoms with van der Waals surface area (Å²) in [6, 6.07) is 6.90. The molecule has 9 nitrogen and oxygen atoms in total. The molecule has 9 heteroatoms. The first kappa shape index (κ1) is 20.9. The van der Waals surface area contributed by atoms with E-state index in [2.05, 4.69) is 34.4 Å². The number of aromatic nitrogens is 2. The highest BCUT2D eigenvalue weighted by Crippen LogP contribution is 2.31. The van der Waals surface area contributed by atoms with Gasteiger partial charge in [0, 0.05) is 31.3 Å². The van der Waals surface area contributed by atoms with Crippen LogP contribution in [0, 0.1) is 11.8 Å². The van der Waals surface area contributed by atoms with Crippen molar-refractivity contribution < 1.29 is 14.3 Å². The molecule has 31 heavy (non-hydrogen) atoms. The van der Waals surface area contributed by atoms with E-state index in [0.717, 1.165) is 19.5 Å². The largest absolute Gasteiger partial charge is 0.497 e. The molecule has 3 N–H and O–H groups in total. The van der Waals surface area contributed by atoms with Gasteiger partial charge in [-0.3, -0.25) is 19.4 Å². The van der Waals surface area contributed by atoms with Gasteiger partial charge in [-0.05, 0) is 30.4 Å². The first-order chi connectivity index (χ1) is 14.8. The van der Waals surface area contributed by atoms with Gasteiger partial charge in [-0.25, -0.2) is 0 Å². The molecular weight excluding hydrogens is 398 g/mol. The predicted molar refractivity (Wildman–Crippen MR) is 118 cm³/mol. The minimum atomic E-state index is -0.931. The first-order valence-electron chi connectivity index (χ1n) is 10.5. The summed E-state index contributed by atoms with van der Waals surface area (Å²) in [4.78, 5) is 47.7. The zero-order valence-corrected chi connectivity index (χ0v) is 17.9. The number of hydrogen-bond donors (Lipinski definition) is 3. The number of carbonyl (C=O) groups excluding carboxylic acids is 2. The van der Waals surface area contributed by atoms with Crippen LogP contribution in [0.1, 0.15) is 38.2 Å². The number of fused-ring (bicyclic) bond motifs is 1. The number of hydrogen-bond acceptors (Lipinski definition) is 6. The summed E-state index contributed by atoms with van der Waals surface area (Å²) in [6.07, 6.45) is 1.000. The summed E-state index contributed by atoms with van der Waals surface area (Å²) in [5.41, 5.74) is 0.299. The Labute approximate surface area is 180 Å². The molecule has 0 bridgehead atoms. The van der Waals surface area contributed by atoms with Gasteiger partial charge in [0.05, 0.1) is 18.6 Å². The van der Waals surface area contributed by atoms with Gasteiger partial charge in [0.15, 0.2) is 0 Å². The molecule has 1 saturated heterocycles. The van der Waals surface area contributed by atoms with Crippen LogP contribution in [0.5, 0.6) is 5.75 Å². The molecule has 3 atom stereocenters. The van der Waals surface area contributed by atoms with Crippen LogP contribution in [-0.2, 0) is 9.59 Å². The van der Waals surface area contributed by atoms with Crippen molar-refractivity contribution in [2.24, 2.45) is 11.8 Å². The fourth-order valence-corrected chi connectivity index (χ4v) is 4.50. The third-order valence-electron chi connectivity index (χ3n) is 5.76. The van der Waals surface area contributed by atoms with Crippen LogP contribution in [0.4, 0.5) is 17.5 Å². The van der Waals surface area contributed by atoms with Gasteiger partial charge in [0.2, 0.25) is 17.8 Å². The maximum Gasteiger partial charge on any atom is 0.258 e. The molecule has 1 fully saturated rings. The number of rotatable bonds is 4. The van der Waals surface area contributed by atoms with Crippen LogP contribution in [0.25, 0.3) is 0 Å². The molecule has 0 aliphatic carbocycles. The normalized spacial score (nSPS) is 23.0. The van der Waals surface area contributed by atoms with E-state index in [9.17, 15) is 14.4 Å². The lowest BCUT2D eigenvalue weighted by atomic mass is 9.91. The number of nitrogens with one attached hydrogen (secondary N) is 3. The Balaban J connectivity index is 1.63. The van der Waals surface area contributed by atoms with Gasteiger partial charge in [-0.1, -0.05) is 19.9 Å². The lowest BCUT2D eigenvalue weighted by molar-refractivity contribution is -0.123. The number of aromatic amines is 1. The van der Waals surface area contributed by atoms with E-state index in [4.69, 9.17) is 4.74 Å². The molecule has 3 heterocycles. The topological polar surface area (TPSA) is 116 Å². The fourth-order valence-electron chi connectivity index (χ4n) is 4.50. The van der Waals surface area contributed by atoms with E-state index in [1.807, 2.05) is 4.90 Å². The lowest BCUT2D eigenvalue weighted by Gasteiger charge is -2.35. The number of anilines is 3. The molecule has 4 rings (SSSR count). The molecule has 1 aromatic carbocycles. The third kappa shape index (κ3) is 4.40. The van der Waals surface area contributed by atoms with Crippen molar-refractivity contribution in [3.63, 3.8) is 0 Å². The molecule has 2 aliphatic rings. The number of ether oxygens (including phenoxy) is 1. The van der Waals surface area contributed by atoms with Crippen LogP contribution >= 0.6 is 0 Å². The molecule has 2 aliphatic heterocycles. The van der Waals surface area contributed by atoms with Crippen molar-refractivity contribution in [3.8, 4) is 5.75 Å². The van der Waals surface area contributed by atoms with E-state index < -0.39 is 17.4 Å². The Morgan fingerprint density at radius 3 is 2.68 bits per heavy atom. The Bertz CT molecular complexity index is 1060. The van der Waals surface area contributed by atoms with Gasteiger partial charge in [0.1, 0.15) is 11.6 Å². The number of benzene rings is 1. The van der Waals surface area contributed by atoms with E-state index in [-0.39, 0.29) is 23.7 Å². The quantitative estimate of drug-likeness (QED) is 0.692. The summed E-state index contributed by atoms with van der Waals surface area (Å²) >= 11 is 0. The maximum atomic E-state index is 13.0. The molecule has 2 aromatic rings. The summed E-state index contributed by atoms with van der Waals surface area (Å²) in [5.74, 6) is 0.408. The monoisotopic (exact) mass is 425 g/mol. The number of nitrogens with zero attached hydrogens (tertiary/aromatic N) is 2. The summed E-state index contributed by atoms with van der Waals surface area (Å²) in [7, 11) is 1.54. The standard InChI is InChI=1S/C22H27N5O4/c1-12-7-13(2)11-27(10-12)22-25-19-18(21(30)26-22)16(9-17(28)24-19)20(29)23-14-5-4-6-15(8-14)31-3/h4-6,8,12-13,16H,7,9-11H2,1-3H3,(H,23,29)(H2,24,25,26,28,30). The summed E-state index contributed by atoms with van der Waals surface area (Å²) in [6.45, 7) is 5.89. The minimum absolute atomic E-state index is 0.120. The number of carbonyl (C=O) groups is 2. The Morgan fingerprint density at radius 2 is 1.97 bits per heavy atom. The smallest absolute Gasteiger partial charge is 0.258 e. The zero-order valence-electron chi connectivity index (χ0n) is 17.9. The number of amides is 2. The SMILES string of the molecule is COc1cccc(NC(=O)C2CC(=O)Nc3nc(N4CC(C)CC(C)C4)[nH]c(=O)c32)c1. The molecule has 0 saturated carbocycles. The van der Waals surface area contributed by atoms with Gasteiger partial charge in [-0.2, -0.15) is 4.98 Å². The Morgan fingerprint density at radius 1 is 1.23 bits per heavy atom. The average molecular weight is 425 g/mol. The highest BCUT2D eigenvalue weighted by Gasteiger charge is 2.35. The van der Waals surface area contributed by atoms with E-state index >= 15 is 0 Å². The molecule has 3 unspecified atom stereocenters. The second-order valence-corrected chi connectivity index (χ2v) is 8.53. The fraction of sp³-hybridized carbons (Fsp3) is 0.455. The van der Waals surface area contributed by atoms with Crippen LogP contribution in [0.15, 0.2) is 29.1 Å². The second kappa shape index (κ2) is 8.41. The third-order valence-corrected chi connectivity index (χ3v) is 5.76. The summed E-state index contributed by atoms with van der Waals surface area (Å²) in [5, 5.41) is 5.45. The number of piperidine rings is 1. The van der Waals surface area contributed by atoms with Crippen molar-refractivity contribution in [3.05, 3.63) is 40.2 Å². The van der Waals surface area contributed by atoms with Crippen molar-refractivity contribution in [2.45, 2.75) is 32.6 Å². The first-order valence-corrected chi connectivity index (χ1v) is 10.5. The molecule has 0 radical (unpaired) electrons. The van der Waals surface area contributed by atoms with Crippen LogP contribution in [0.3, 0.4) is 0 Å². The van der Waals surface area contributed by atoms with Crippen LogP contribution < -0.4 is 25.8 Å². The van der Waals surface area contributed by atoms with Gasteiger partial charge in [-0.15, -0.1) is 0 Å². The highest BCUT2D eigenvalue weighted by atomic mass is 16.5. The van der Waals surface area contributed by atoms with E-state index in [0.29, 0.717) is 29.2 Å². The molecule has 1 aromatic heterocycles. The molecular formula is C22H27N5O4. The van der Waals surface area contributed by atoms with Crippen molar-refractivity contribution in [1.82, 2.24) is 9.97 Å². The van der Waals surface area contributed by atoms with E-state index in [1.54, 1.807) is 24.3 Å². The summed E-state index contributed by atoms with van der Waals surface area (Å²) < 4.78 is 5.18. The van der Waals surface area contributed by atoms with Crippen molar-refractivity contribution in [1.29, 1.82) is 0 Å². The van der Waals surface area contributed by atoms with Crippen LogP contribution in [0.2, 0.25) is 0 Å². The van der Waals surface area contributed by atoms with Crippen LogP contribution in [-0.4, -0.2) is 42.0 Å². The predicted octanol–water partition coefficient (Wildman–Crippen LogP) is 2.33. The average Bonchev–Trinajstić information content (AvgIpc) is 2.72. The van der Waals surface area contributed by atoms with E-state index in [1.165, 1.54) is 7.11 Å². The zero-order chi connectivity index (χ0) is 22.1. The Hall–Kier alpha value is -3.36. The lowest BCUT2D eigenvalue weighted by Crippen LogP contribution is -2.42. The minimum Gasteiger partial charge on any atom is -0.497 e.